The number of benzene rings is 2. The van der Waals surface area contributed by atoms with Gasteiger partial charge in [0.05, 0.1) is 12.7 Å². The zero-order valence-corrected chi connectivity index (χ0v) is 17.3. The molecule has 0 aliphatic rings. The van der Waals surface area contributed by atoms with Crippen molar-refractivity contribution in [3.63, 3.8) is 0 Å². The number of methoxy groups -OCH3 is 1. The van der Waals surface area contributed by atoms with Gasteiger partial charge in [-0.3, -0.25) is 0 Å². The van der Waals surface area contributed by atoms with E-state index in [4.69, 9.17) is 4.74 Å². The van der Waals surface area contributed by atoms with Crippen LogP contribution in [-0.4, -0.2) is 17.8 Å². The molecular formula is C24H34O2. The second-order valence-corrected chi connectivity index (χ2v) is 9.28. The van der Waals surface area contributed by atoms with Gasteiger partial charge in [0.15, 0.2) is 0 Å². The van der Waals surface area contributed by atoms with Crippen molar-refractivity contribution in [1.82, 2.24) is 0 Å². The summed E-state index contributed by atoms with van der Waals surface area (Å²) in [5, 5.41) is 12.1. The highest BCUT2D eigenvalue weighted by molar-refractivity contribution is 5.32. The first-order chi connectivity index (χ1) is 12.0. The summed E-state index contributed by atoms with van der Waals surface area (Å²) < 4.78 is 5.29. The molecule has 142 valence electrons. The van der Waals surface area contributed by atoms with Gasteiger partial charge in [-0.25, -0.2) is 0 Å². The monoisotopic (exact) mass is 354 g/mol. The highest BCUT2D eigenvalue weighted by Gasteiger charge is 2.54. The second kappa shape index (κ2) is 7.44. The molecule has 0 radical (unpaired) electrons. The van der Waals surface area contributed by atoms with E-state index in [1.54, 1.807) is 7.11 Å². The molecule has 2 nitrogen and oxygen atoms in total. The summed E-state index contributed by atoms with van der Waals surface area (Å²) in [5.74, 6) is 0.837. The van der Waals surface area contributed by atoms with Gasteiger partial charge < -0.3 is 9.84 Å². The lowest BCUT2D eigenvalue weighted by atomic mass is 9.55. The molecule has 0 aromatic heterocycles. The fourth-order valence-corrected chi connectivity index (χ4v) is 4.36. The topological polar surface area (TPSA) is 29.5 Å². The van der Waals surface area contributed by atoms with Gasteiger partial charge in [0, 0.05) is 5.92 Å². The number of aliphatic hydroxyl groups is 1. The average molecular weight is 355 g/mol. The van der Waals surface area contributed by atoms with Crippen molar-refractivity contribution in [2.24, 2.45) is 10.8 Å². The van der Waals surface area contributed by atoms with Gasteiger partial charge in [0.25, 0.3) is 0 Å². The summed E-state index contributed by atoms with van der Waals surface area (Å²) >= 11 is 0. The summed E-state index contributed by atoms with van der Waals surface area (Å²) in [5.41, 5.74) is 0.930. The molecule has 0 aliphatic carbocycles. The Morgan fingerprint density at radius 2 is 1.31 bits per heavy atom. The maximum absolute atomic E-state index is 12.1. The van der Waals surface area contributed by atoms with Crippen LogP contribution in [0, 0.1) is 10.8 Å². The zero-order valence-electron chi connectivity index (χ0n) is 17.3. The Morgan fingerprint density at radius 1 is 0.808 bits per heavy atom. The molecule has 0 fully saturated rings. The van der Waals surface area contributed by atoms with E-state index in [-0.39, 0.29) is 16.7 Å². The molecule has 2 aromatic carbocycles. The molecule has 0 spiro atoms. The lowest BCUT2D eigenvalue weighted by Crippen LogP contribution is -2.57. The number of rotatable bonds is 5. The van der Waals surface area contributed by atoms with Crippen molar-refractivity contribution >= 4 is 0 Å². The molecular weight excluding hydrogens is 320 g/mol. The summed E-state index contributed by atoms with van der Waals surface area (Å²) in [6.07, 6.45) is 0.777. The molecule has 0 amide bonds. The average Bonchev–Trinajstić information content (AvgIpc) is 2.58. The molecule has 1 atom stereocenters. The normalized spacial score (nSPS) is 14.2. The molecule has 2 heteroatoms. The van der Waals surface area contributed by atoms with E-state index in [1.807, 2.05) is 18.2 Å². The van der Waals surface area contributed by atoms with Crippen molar-refractivity contribution in [3.8, 4) is 5.75 Å². The maximum Gasteiger partial charge on any atom is 0.118 e. The number of hydrogen-bond acceptors (Lipinski definition) is 2. The van der Waals surface area contributed by atoms with Crippen LogP contribution in [0.3, 0.4) is 0 Å². The van der Waals surface area contributed by atoms with Gasteiger partial charge in [-0.1, -0.05) is 84.0 Å². The van der Waals surface area contributed by atoms with E-state index in [0.29, 0.717) is 0 Å². The third kappa shape index (κ3) is 3.96. The quantitative estimate of drug-likeness (QED) is 0.730. The highest BCUT2D eigenvalue weighted by Crippen LogP contribution is 2.53. The van der Waals surface area contributed by atoms with E-state index in [2.05, 4.69) is 77.9 Å². The van der Waals surface area contributed by atoms with Gasteiger partial charge >= 0.3 is 0 Å². The molecule has 0 bridgehead atoms. The minimum absolute atomic E-state index is 0.0166. The van der Waals surface area contributed by atoms with Crippen molar-refractivity contribution in [2.75, 3.05) is 7.11 Å². The van der Waals surface area contributed by atoms with Gasteiger partial charge in [-0.15, -0.1) is 0 Å². The Kier molecular flexibility index (Phi) is 5.87. The molecule has 1 unspecified atom stereocenters. The second-order valence-electron chi connectivity index (χ2n) is 9.28. The van der Waals surface area contributed by atoms with Crippen LogP contribution in [-0.2, 0) is 6.42 Å². The maximum atomic E-state index is 12.1. The minimum atomic E-state index is -0.888. The van der Waals surface area contributed by atoms with Crippen LogP contribution in [0.4, 0.5) is 0 Å². The number of ether oxygens (including phenoxy) is 1. The van der Waals surface area contributed by atoms with Crippen LogP contribution in [0.2, 0.25) is 0 Å². The van der Waals surface area contributed by atoms with E-state index in [1.165, 1.54) is 11.1 Å². The molecule has 26 heavy (non-hydrogen) atoms. The molecule has 2 aromatic rings. The van der Waals surface area contributed by atoms with E-state index in [9.17, 15) is 5.11 Å². The van der Waals surface area contributed by atoms with Crippen LogP contribution in [0.1, 0.15) is 58.6 Å². The predicted molar refractivity (Wildman–Crippen MR) is 110 cm³/mol. The third-order valence-electron chi connectivity index (χ3n) is 5.59. The SMILES string of the molecule is COc1ccc(CC(c2ccccc2)C(O)(C(C)(C)C)C(C)(C)C)cc1. The van der Waals surface area contributed by atoms with Crippen molar-refractivity contribution in [3.05, 3.63) is 65.7 Å². The third-order valence-corrected chi connectivity index (χ3v) is 5.59. The van der Waals surface area contributed by atoms with Crippen LogP contribution in [0.15, 0.2) is 54.6 Å². The first kappa shape index (κ1) is 20.5. The Balaban J connectivity index is 2.56. The highest BCUT2D eigenvalue weighted by atomic mass is 16.5. The Hall–Kier alpha value is -1.80. The smallest absolute Gasteiger partial charge is 0.118 e. The van der Waals surface area contributed by atoms with E-state index in [0.717, 1.165) is 12.2 Å². The number of hydrogen-bond donors (Lipinski definition) is 1. The van der Waals surface area contributed by atoms with Crippen LogP contribution in [0.25, 0.3) is 0 Å². The standard InChI is InChI=1S/C24H34O2/c1-22(2,3)24(25,23(4,5)6)21(19-11-9-8-10-12-19)17-18-13-15-20(26-7)16-14-18/h8-16,21,25H,17H2,1-7H3. The van der Waals surface area contributed by atoms with Crippen LogP contribution in [0.5, 0.6) is 5.75 Å². The fourth-order valence-electron chi connectivity index (χ4n) is 4.36. The van der Waals surface area contributed by atoms with Crippen LogP contribution < -0.4 is 4.74 Å². The van der Waals surface area contributed by atoms with Gasteiger partial charge in [-0.2, -0.15) is 0 Å². The Labute approximate surface area is 159 Å². The van der Waals surface area contributed by atoms with Crippen LogP contribution >= 0.6 is 0 Å². The first-order valence-corrected chi connectivity index (χ1v) is 9.41. The molecule has 1 N–H and O–H groups in total. The lowest BCUT2D eigenvalue weighted by molar-refractivity contribution is -0.155. The molecule has 0 saturated heterocycles. The Morgan fingerprint density at radius 3 is 1.73 bits per heavy atom. The largest absolute Gasteiger partial charge is 0.497 e. The molecule has 0 heterocycles. The minimum Gasteiger partial charge on any atom is -0.497 e. The zero-order chi connectivity index (χ0) is 19.6. The summed E-state index contributed by atoms with van der Waals surface area (Å²) in [6, 6.07) is 18.6. The lowest BCUT2D eigenvalue weighted by Gasteiger charge is -2.54. The van der Waals surface area contributed by atoms with Crippen molar-refractivity contribution < 1.29 is 9.84 Å². The first-order valence-electron chi connectivity index (χ1n) is 9.41. The van der Waals surface area contributed by atoms with Crippen molar-refractivity contribution in [2.45, 2.75) is 59.5 Å². The Bertz CT molecular complexity index is 674. The molecule has 2 rings (SSSR count). The van der Waals surface area contributed by atoms with Gasteiger partial charge in [0.1, 0.15) is 5.75 Å². The molecule has 0 aliphatic heterocycles. The fraction of sp³-hybridized carbons (Fsp3) is 0.500. The summed E-state index contributed by atoms with van der Waals surface area (Å²) in [6.45, 7) is 12.8. The van der Waals surface area contributed by atoms with Gasteiger partial charge in [-0.05, 0) is 40.5 Å². The summed E-state index contributed by atoms with van der Waals surface area (Å²) in [7, 11) is 1.68. The summed E-state index contributed by atoms with van der Waals surface area (Å²) in [4.78, 5) is 0. The molecule has 0 saturated carbocycles. The van der Waals surface area contributed by atoms with E-state index >= 15 is 0 Å². The van der Waals surface area contributed by atoms with Gasteiger partial charge in [0.2, 0.25) is 0 Å². The van der Waals surface area contributed by atoms with E-state index < -0.39 is 5.60 Å². The van der Waals surface area contributed by atoms with Crippen molar-refractivity contribution in [1.29, 1.82) is 0 Å². The predicted octanol–water partition coefficient (Wildman–Crippen LogP) is 5.84.